The smallest absolute Gasteiger partial charge is 0.119 e. The van der Waals surface area contributed by atoms with Gasteiger partial charge < -0.3 is 5.11 Å². The van der Waals surface area contributed by atoms with E-state index in [-0.39, 0.29) is 0 Å². The zero-order chi connectivity index (χ0) is 23.3. The lowest BCUT2D eigenvalue weighted by molar-refractivity contribution is 0.463. The van der Waals surface area contributed by atoms with Crippen LogP contribution in [0.3, 0.4) is 0 Å². The van der Waals surface area contributed by atoms with Gasteiger partial charge in [-0.3, -0.25) is 0 Å². The van der Waals surface area contributed by atoms with Gasteiger partial charge in [-0.2, -0.15) is 0 Å². The molecule has 0 radical (unpaired) electrons. The molecule has 0 spiro atoms. The van der Waals surface area contributed by atoms with E-state index in [0.29, 0.717) is 5.75 Å². The number of phenolic OH excluding ortho intramolecular Hbond substituents is 1. The highest BCUT2D eigenvalue weighted by molar-refractivity contribution is 5.45. The molecule has 186 valence electrons. The van der Waals surface area contributed by atoms with E-state index in [2.05, 4.69) is 26.8 Å². The first kappa shape index (κ1) is 29.1. The molecule has 1 N–H and O–H groups in total. The molecule has 32 heavy (non-hydrogen) atoms. The molecule has 1 heteroatoms. The molecule has 0 atom stereocenters. The normalized spacial score (nSPS) is 11.3. The number of aryl methyl sites for hydroxylation is 1. The Kier molecular flexibility index (Phi) is 18.7. The Morgan fingerprint density at radius 3 is 1.28 bits per heavy atom. The third-order valence-electron chi connectivity index (χ3n) is 7.08. The Bertz CT molecular complexity index is 548. The lowest BCUT2D eigenvalue weighted by atomic mass is 9.90. The third-order valence-corrected chi connectivity index (χ3v) is 7.08. The lowest BCUT2D eigenvalue weighted by Gasteiger charge is -2.17. The fourth-order valence-corrected chi connectivity index (χ4v) is 5.05. The molecule has 0 aliphatic rings. The molecule has 0 aliphatic heterocycles. The van der Waals surface area contributed by atoms with Crippen molar-refractivity contribution in [2.45, 2.75) is 162 Å². The number of aromatic hydroxyl groups is 1. The molecule has 1 aromatic carbocycles. The van der Waals surface area contributed by atoms with Gasteiger partial charge in [-0.15, -0.1) is 0 Å². The van der Waals surface area contributed by atoms with Gasteiger partial charge in [0.2, 0.25) is 0 Å². The van der Waals surface area contributed by atoms with Gasteiger partial charge in [-0.1, -0.05) is 136 Å². The SMILES string of the molecule is CCCCCCCCCCCCc1c(O)ccc(CCC)c1CCCCCCCCCC. The molecule has 1 aromatic rings. The monoisotopic (exact) mass is 444 g/mol. The van der Waals surface area contributed by atoms with Crippen molar-refractivity contribution >= 4 is 0 Å². The van der Waals surface area contributed by atoms with E-state index in [0.717, 1.165) is 19.3 Å². The van der Waals surface area contributed by atoms with Crippen LogP contribution in [0.15, 0.2) is 12.1 Å². The quantitative estimate of drug-likeness (QED) is 0.176. The summed E-state index contributed by atoms with van der Waals surface area (Å²) in [5.41, 5.74) is 4.27. The van der Waals surface area contributed by atoms with Crippen LogP contribution in [0.5, 0.6) is 5.75 Å². The Morgan fingerprint density at radius 2 is 0.844 bits per heavy atom. The Hall–Kier alpha value is -0.980. The zero-order valence-electron chi connectivity index (χ0n) is 22.2. The molecule has 0 saturated carbocycles. The predicted molar refractivity (Wildman–Crippen MR) is 144 cm³/mol. The molecule has 0 aromatic heterocycles. The molecular weight excluding hydrogens is 388 g/mol. The molecule has 0 bridgehead atoms. The van der Waals surface area contributed by atoms with Crippen molar-refractivity contribution in [2.75, 3.05) is 0 Å². The van der Waals surface area contributed by atoms with Gasteiger partial charge in [0, 0.05) is 0 Å². The Morgan fingerprint density at radius 1 is 0.438 bits per heavy atom. The maximum absolute atomic E-state index is 10.7. The highest BCUT2D eigenvalue weighted by Crippen LogP contribution is 2.29. The van der Waals surface area contributed by atoms with Crippen LogP contribution in [0.2, 0.25) is 0 Å². The number of rotatable bonds is 22. The third kappa shape index (κ3) is 13.5. The molecule has 0 fully saturated rings. The van der Waals surface area contributed by atoms with Crippen LogP contribution in [-0.4, -0.2) is 5.11 Å². The molecule has 0 amide bonds. The number of benzene rings is 1. The predicted octanol–water partition coefficient (Wildman–Crippen LogP) is 10.5. The van der Waals surface area contributed by atoms with Crippen LogP contribution >= 0.6 is 0 Å². The molecule has 1 nitrogen and oxygen atoms in total. The highest BCUT2D eigenvalue weighted by Gasteiger charge is 2.12. The van der Waals surface area contributed by atoms with Crippen LogP contribution in [0.1, 0.15) is 159 Å². The van der Waals surface area contributed by atoms with Crippen LogP contribution < -0.4 is 0 Å². The minimum Gasteiger partial charge on any atom is -0.508 e. The van der Waals surface area contributed by atoms with Gasteiger partial charge in [0.05, 0.1) is 0 Å². The van der Waals surface area contributed by atoms with Crippen LogP contribution in [-0.2, 0) is 19.3 Å². The van der Waals surface area contributed by atoms with Crippen molar-refractivity contribution in [3.63, 3.8) is 0 Å². The fraction of sp³-hybridized carbons (Fsp3) is 0.806. The van der Waals surface area contributed by atoms with E-state index < -0.39 is 0 Å². The molecule has 0 unspecified atom stereocenters. The van der Waals surface area contributed by atoms with Gasteiger partial charge in [0.1, 0.15) is 5.75 Å². The van der Waals surface area contributed by atoms with Gasteiger partial charge in [-0.25, -0.2) is 0 Å². The van der Waals surface area contributed by atoms with Crippen molar-refractivity contribution in [2.24, 2.45) is 0 Å². The number of hydrogen-bond acceptors (Lipinski definition) is 1. The molecule has 1 rings (SSSR count). The van der Waals surface area contributed by atoms with Crippen molar-refractivity contribution in [1.82, 2.24) is 0 Å². The Balaban J connectivity index is 2.40. The standard InChI is InChI=1S/C31H56O/c1-4-7-9-11-13-15-16-18-20-22-25-30-29(28(23-6-3)26-27-31(30)32)24-21-19-17-14-12-10-8-5-2/h26-27,32H,4-25H2,1-3H3. The summed E-state index contributed by atoms with van der Waals surface area (Å²) in [5, 5.41) is 10.7. The molecule has 0 saturated heterocycles. The highest BCUT2D eigenvalue weighted by atomic mass is 16.3. The second kappa shape index (κ2) is 20.6. The van der Waals surface area contributed by atoms with Gasteiger partial charge in [-0.05, 0) is 54.9 Å². The average Bonchev–Trinajstić information content (AvgIpc) is 2.79. The first-order valence-electron chi connectivity index (χ1n) is 14.6. The van der Waals surface area contributed by atoms with Crippen LogP contribution in [0.4, 0.5) is 0 Å². The molecule has 0 aliphatic carbocycles. The summed E-state index contributed by atoms with van der Waals surface area (Å²) in [6, 6.07) is 4.16. The van der Waals surface area contributed by atoms with Crippen LogP contribution in [0.25, 0.3) is 0 Å². The summed E-state index contributed by atoms with van der Waals surface area (Å²) >= 11 is 0. The largest absolute Gasteiger partial charge is 0.508 e. The van der Waals surface area contributed by atoms with Crippen molar-refractivity contribution in [1.29, 1.82) is 0 Å². The summed E-state index contributed by atoms with van der Waals surface area (Å²) in [6.45, 7) is 6.85. The lowest BCUT2D eigenvalue weighted by Crippen LogP contribution is -2.02. The number of phenols is 1. The summed E-state index contributed by atoms with van der Waals surface area (Å²) in [5.74, 6) is 0.551. The van der Waals surface area contributed by atoms with Crippen LogP contribution in [0, 0.1) is 0 Å². The van der Waals surface area contributed by atoms with E-state index in [1.54, 1.807) is 0 Å². The van der Waals surface area contributed by atoms with E-state index in [9.17, 15) is 5.11 Å². The topological polar surface area (TPSA) is 20.2 Å². The van der Waals surface area contributed by atoms with Crippen molar-refractivity contribution < 1.29 is 5.11 Å². The van der Waals surface area contributed by atoms with E-state index in [4.69, 9.17) is 0 Å². The Labute approximate surface area is 201 Å². The van der Waals surface area contributed by atoms with Gasteiger partial charge in [0.15, 0.2) is 0 Å². The molecule has 0 heterocycles. The first-order valence-corrected chi connectivity index (χ1v) is 14.6. The first-order chi connectivity index (χ1) is 15.7. The van der Waals surface area contributed by atoms with E-state index in [1.807, 2.05) is 6.07 Å². The van der Waals surface area contributed by atoms with Crippen molar-refractivity contribution in [3.8, 4) is 5.75 Å². The summed E-state index contributed by atoms with van der Waals surface area (Å²) < 4.78 is 0. The van der Waals surface area contributed by atoms with Gasteiger partial charge in [0.25, 0.3) is 0 Å². The summed E-state index contributed by atoms with van der Waals surface area (Å²) in [6.07, 6.45) is 29.2. The maximum Gasteiger partial charge on any atom is 0.119 e. The average molecular weight is 445 g/mol. The minimum atomic E-state index is 0.551. The van der Waals surface area contributed by atoms with E-state index >= 15 is 0 Å². The maximum atomic E-state index is 10.7. The number of unbranched alkanes of at least 4 members (excludes halogenated alkanes) is 16. The molecular formula is C31H56O. The van der Waals surface area contributed by atoms with Crippen molar-refractivity contribution in [3.05, 3.63) is 28.8 Å². The second-order valence-electron chi connectivity index (χ2n) is 10.1. The minimum absolute atomic E-state index is 0.551. The fourth-order valence-electron chi connectivity index (χ4n) is 5.05. The van der Waals surface area contributed by atoms with E-state index in [1.165, 1.54) is 139 Å². The van der Waals surface area contributed by atoms with Gasteiger partial charge >= 0.3 is 0 Å². The zero-order valence-corrected chi connectivity index (χ0v) is 22.2. The summed E-state index contributed by atoms with van der Waals surface area (Å²) in [7, 11) is 0. The summed E-state index contributed by atoms with van der Waals surface area (Å²) in [4.78, 5) is 0. The second-order valence-corrected chi connectivity index (χ2v) is 10.1. The number of hydrogen-bond donors (Lipinski definition) is 1.